The SMILES string of the molecule is O=C(NC(=O)c1ccccc1Cl)Nc1ccc(COc2ccccc2)cc1. The van der Waals surface area contributed by atoms with Crippen LogP contribution in [0.25, 0.3) is 0 Å². The summed E-state index contributed by atoms with van der Waals surface area (Å²) in [7, 11) is 0. The molecule has 0 spiro atoms. The Hall–Kier alpha value is -3.31. The van der Waals surface area contributed by atoms with Crippen LogP contribution in [-0.4, -0.2) is 11.9 Å². The molecular weight excluding hydrogens is 364 g/mol. The fourth-order valence-corrected chi connectivity index (χ4v) is 2.57. The Kier molecular flexibility index (Phi) is 6.07. The van der Waals surface area contributed by atoms with Crippen molar-refractivity contribution in [2.45, 2.75) is 6.61 Å². The van der Waals surface area contributed by atoms with Crippen LogP contribution in [0.2, 0.25) is 5.02 Å². The van der Waals surface area contributed by atoms with Gasteiger partial charge in [0.1, 0.15) is 12.4 Å². The summed E-state index contributed by atoms with van der Waals surface area (Å²) >= 11 is 5.95. The molecular formula is C21H17ClN2O3. The van der Waals surface area contributed by atoms with E-state index < -0.39 is 11.9 Å². The normalized spacial score (nSPS) is 10.1. The largest absolute Gasteiger partial charge is 0.489 e. The first-order valence-corrected chi connectivity index (χ1v) is 8.63. The molecule has 0 fully saturated rings. The van der Waals surface area contributed by atoms with Crippen molar-refractivity contribution >= 4 is 29.2 Å². The quantitative estimate of drug-likeness (QED) is 0.662. The number of rotatable bonds is 5. The van der Waals surface area contributed by atoms with Crippen LogP contribution >= 0.6 is 11.6 Å². The number of anilines is 1. The zero-order valence-electron chi connectivity index (χ0n) is 14.3. The number of carbonyl (C=O) groups is 2. The summed E-state index contributed by atoms with van der Waals surface area (Å²) in [5.74, 6) is 0.225. The average molecular weight is 381 g/mol. The topological polar surface area (TPSA) is 67.4 Å². The number of ether oxygens (including phenoxy) is 1. The maximum atomic E-state index is 12.1. The Labute approximate surface area is 161 Å². The van der Waals surface area contributed by atoms with Crippen molar-refractivity contribution in [2.24, 2.45) is 0 Å². The van der Waals surface area contributed by atoms with Crippen molar-refractivity contribution in [1.82, 2.24) is 5.32 Å². The summed E-state index contributed by atoms with van der Waals surface area (Å²) in [6.45, 7) is 0.418. The van der Waals surface area contributed by atoms with Gasteiger partial charge >= 0.3 is 6.03 Å². The van der Waals surface area contributed by atoms with Gasteiger partial charge in [-0.1, -0.05) is 54.1 Å². The number of carbonyl (C=O) groups excluding carboxylic acids is 2. The number of para-hydroxylation sites is 1. The van der Waals surface area contributed by atoms with E-state index in [1.54, 1.807) is 36.4 Å². The van der Waals surface area contributed by atoms with Gasteiger partial charge in [0.15, 0.2) is 0 Å². The Morgan fingerprint density at radius 2 is 1.52 bits per heavy atom. The maximum Gasteiger partial charge on any atom is 0.326 e. The number of hydrogen-bond acceptors (Lipinski definition) is 3. The van der Waals surface area contributed by atoms with Gasteiger partial charge in [-0.05, 0) is 42.0 Å². The monoisotopic (exact) mass is 380 g/mol. The Balaban J connectivity index is 1.52. The fraction of sp³-hybridized carbons (Fsp3) is 0.0476. The number of halogens is 1. The van der Waals surface area contributed by atoms with Crippen molar-refractivity contribution in [3.63, 3.8) is 0 Å². The summed E-state index contributed by atoms with van der Waals surface area (Å²) in [6, 6.07) is 22.6. The number of hydrogen-bond donors (Lipinski definition) is 2. The number of nitrogens with one attached hydrogen (secondary N) is 2. The number of imide groups is 1. The Morgan fingerprint density at radius 1 is 0.852 bits per heavy atom. The van der Waals surface area contributed by atoms with Gasteiger partial charge in [0, 0.05) is 5.69 Å². The first-order valence-electron chi connectivity index (χ1n) is 8.25. The average Bonchev–Trinajstić information content (AvgIpc) is 2.68. The summed E-state index contributed by atoms with van der Waals surface area (Å²) in [5.41, 5.74) is 1.75. The van der Waals surface area contributed by atoms with Crippen LogP contribution in [-0.2, 0) is 6.61 Å². The predicted octanol–water partition coefficient (Wildman–Crippen LogP) is 4.88. The second-order valence-electron chi connectivity index (χ2n) is 5.69. The smallest absolute Gasteiger partial charge is 0.326 e. The van der Waals surface area contributed by atoms with E-state index in [1.165, 1.54) is 0 Å². The van der Waals surface area contributed by atoms with E-state index in [-0.39, 0.29) is 10.6 Å². The minimum atomic E-state index is -0.631. The van der Waals surface area contributed by atoms with E-state index >= 15 is 0 Å². The van der Waals surface area contributed by atoms with E-state index in [9.17, 15) is 9.59 Å². The standard InChI is InChI=1S/C21H17ClN2O3/c22-19-9-5-4-8-18(19)20(25)24-21(26)23-16-12-10-15(11-13-16)14-27-17-6-2-1-3-7-17/h1-13H,14H2,(H2,23,24,25,26). The molecule has 27 heavy (non-hydrogen) atoms. The van der Waals surface area contributed by atoms with Crippen LogP contribution in [0, 0.1) is 0 Å². The van der Waals surface area contributed by atoms with Gasteiger partial charge in [0.25, 0.3) is 5.91 Å². The molecule has 0 aromatic heterocycles. The van der Waals surface area contributed by atoms with Crippen molar-refractivity contribution < 1.29 is 14.3 Å². The summed E-state index contributed by atoms with van der Waals surface area (Å²) in [5, 5.41) is 5.14. The molecule has 3 rings (SSSR count). The second kappa shape index (κ2) is 8.87. The summed E-state index contributed by atoms with van der Waals surface area (Å²) in [4.78, 5) is 24.1. The van der Waals surface area contributed by atoms with Crippen LogP contribution in [0.1, 0.15) is 15.9 Å². The van der Waals surface area contributed by atoms with Gasteiger partial charge in [-0.25, -0.2) is 4.79 Å². The van der Waals surface area contributed by atoms with Gasteiger partial charge in [0.2, 0.25) is 0 Å². The molecule has 3 aromatic carbocycles. The third-order valence-corrected chi connectivity index (χ3v) is 4.04. The molecule has 0 aliphatic heterocycles. The first kappa shape index (κ1) is 18.5. The van der Waals surface area contributed by atoms with Crippen LogP contribution in [0.5, 0.6) is 5.75 Å². The lowest BCUT2D eigenvalue weighted by Gasteiger charge is -2.09. The second-order valence-corrected chi connectivity index (χ2v) is 6.09. The molecule has 0 aliphatic rings. The zero-order valence-corrected chi connectivity index (χ0v) is 15.1. The molecule has 0 unspecified atom stereocenters. The third-order valence-electron chi connectivity index (χ3n) is 3.71. The van der Waals surface area contributed by atoms with Gasteiger partial charge in [-0.15, -0.1) is 0 Å². The molecule has 0 aliphatic carbocycles. The highest BCUT2D eigenvalue weighted by Gasteiger charge is 2.13. The molecule has 3 aromatic rings. The third kappa shape index (κ3) is 5.33. The lowest BCUT2D eigenvalue weighted by molar-refractivity contribution is 0.0967. The zero-order chi connectivity index (χ0) is 19.1. The molecule has 2 N–H and O–H groups in total. The molecule has 3 amide bonds. The highest BCUT2D eigenvalue weighted by molar-refractivity contribution is 6.34. The molecule has 0 saturated heterocycles. The molecule has 0 radical (unpaired) electrons. The van der Waals surface area contributed by atoms with Crippen LogP contribution in [0.3, 0.4) is 0 Å². The molecule has 0 heterocycles. The van der Waals surface area contributed by atoms with Crippen LogP contribution in [0.15, 0.2) is 78.9 Å². The minimum Gasteiger partial charge on any atom is -0.489 e. The van der Waals surface area contributed by atoms with Gasteiger partial charge in [-0.3, -0.25) is 10.1 Å². The Morgan fingerprint density at radius 3 is 2.22 bits per heavy atom. The van der Waals surface area contributed by atoms with Crippen molar-refractivity contribution in [1.29, 1.82) is 0 Å². The molecule has 5 nitrogen and oxygen atoms in total. The van der Waals surface area contributed by atoms with Crippen molar-refractivity contribution in [2.75, 3.05) is 5.32 Å². The first-order chi connectivity index (χ1) is 13.1. The van der Waals surface area contributed by atoms with Crippen molar-refractivity contribution in [3.05, 3.63) is 95.0 Å². The van der Waals surface area contributed by atoms with Gasteiger partial charge < -0.3 is 10.1 Å². The van der Waals surface area contributed by atoms with Gasteiger partial charge in [-0.2, -0.15) is 0 Å². The van der Waals surface area contributed by atoms with Crippen LogP contribution < -0.4 is 15.4 Å². The fourth-order valence-electron chi connectivity index (χ4n) is 2.35. The molecule has 0 bridgehead atoms. The summed E-state index contributed by atoms with van der Waals surface area (Å²) in [6.07, 6.45) is 0. The predicted molar refractivity (Wildman–Crippen MR) is 105 cm³/mol. The Bertz CT molecular complexity index is 928. The van der Waals surface area contributed by atoms with E-state index in [0.717, 1.165) is 11.3 Å². The van der Waals surface area contributed by atoms with Gasteiger partial charge in [0.05, 0.1) is 10.6 Å². The maximum absolute atomic E-state index is 12.1. The van der Waals surface area contributed by atoms with Crippen LogP contribution in [0.4, 0.5) is 10.5 Å². The molecule has 0 atom stereocenters. The molecule has 0 saturated carbocycles. The van der Waals surface area contributed by atoms with Crippen molar-refractivity contribution in [3.8, 4) is 5.75 Å². The number of urea groups is 1. The lowest BCUT2D eigenvalue weighted by Crippen LogP contribution is -2.34. The minimum absolute atomic E-state index is 0.239. The molecule has 6 heteroatoms. The number of amides is 3. The van der Waals surface area contributed by atoms with E-state index in [1.807, 2.05) is 42.5 Å². The van der Waals surface area contributed by atoms with E-state index in [4.69, 9.17) is 16.3 Å². The highest BCUT2D eigenvalue weighted by Crippen LogP contribution is 2.16. The van der Waals surface area contributed by atoms with E-state index in [2.05, 4.69) is 10.6 Å². The highest BCUT2D eigenvalue weighted by atomic mass is 35.5. The molecule has 136 valence electrons. The van der Waals surface area contributed by atoms with E-state index in [0.29, 0.717) is 12.3 Å². The number of benzene rings is 3. The summed E-state index contributed by atoms with van der Waals surface area (Å²) < 4.78 is 5.67. The lowest BCUT2D eigenvalue weighted by atomic mass is 10.2.